The molecule has 0 radical (unpaired) electrons. The van der Waals surface area contributed by atoms with Gasteiger partial charge >= 0.3 is 5.97 Å². The maximum Gasteiger partial charge on any atom is 0.340 e. The number of ether oxygens (including phenoxy) is 1. The lowest BCUT2D eigenvalue weighted by Crippen LogP contribution is -2.36. The Morgan fingerprint density at radius 3 is 2.44 bits per heavy atom. The monoisotopic (exact) mass is 403 g/mol. The van der Waals surface area contributed by atoms with Crippen molar-refractivity contribution < 1.29 is 17.9 Å². The Bertz CT molecular complexity index is 1030. The van der Waals surface area contributed by atoms with E-state index in [0.29, 0.717) is 10.6 Å². The Morgan fingerprint density at radius 1 is 1.15 bits per heavy atom. The van der Waals surface area contributed by atoms with Crippen LogP contribution in [0.25, 0.3) is 0 Å². The first-order valence-electron chi connectivity index (χ1n) is 8.13. The molecule has 27 heavy (non-hydrogen) atoms. The molecular formula is C20H18ClNO4S. The van der Waals surface area contributed by atoms with E-state index in [4.69, 9.17) is 16.3 Å². The van der Waals surface area contributed by atoms with Crippen molar-refractivity contribution in [3.05, 3.63) is 89.2 Å². The van der Waals surface area contributed by atoms with Gasteiger partial charge in [0, 0.05) is 5.02 Å². The van der Waals surface area contributed by atoms with Crippen molar-refractivity contribution in [3.63, 3.8) is 0 Å². The number of carbonyl (C=O) groups is 1. The molecule has 7 heteroatoms. The third-order valence-electron chi connectivity index (χ3n) is 4.24. The van der Waals surface area contributed by atoms with Gasteiger partial charge in [0.1, 0.15) is 5.76 Å². The number of halogens is 1. The number of cyclic esters (lactones) is 1. The number of aryl methyl sites for hydroxylation is 1. The molecule has 0 aliphatic carbocycles. The van der Waals surface area contributed by atoms with E-state index in [9.17, 15) is 13.2 Å². The summed E-state index contributed by atoms with van der Waals surface area (Å²) in [5.74, 6) is -0.687. The van der Waals surface area contributed by atoms with E-state index in [0.717, 1.165) is 5.56 Å². The lowest BCUT2D eigenvalue weighted by atomic mass is 10.00. The van der Waals surface area contributed by atoms with Crippen molar-refractivity contribution in [2.45, 2.75) is 17.9 Å². The van der Waals surface area contributed by atoms with Crippen LogP contribution in [-0.2, 0) is 19.6 Å². The molecule has 0 N–H and O–H groups in total. The lowest BCUT2D eigenvalue weighted by molar-refractivity contribution is -0.134. The number of sulfonamides is 1. The van der Waals surface area contributed by atoms with Gasteiger partial charge in [-0.2, -0.15) is 4.31 Å². The van der Waals surface area contributed by atoms with Crippen molar-refractivity contribution in [1.29, 1.82) is 0 Å². The molecule has 0 bridgehead atoms. The van der Waals surface area contributed by atoms with Crippen LogP contribution in [0.4, 0.5) is 0 Å². The van der Waals surface area contributed by atoms with Crippen LogP contribution in [0.2, 0.25) is 5.02 Å². The van der Waals surface area contributed by atoms with E-state index in [-0.39, 0.29) is 22.8 Å². The van der Waals surface area contributed by atoms with Crippen LogP contribution in [0.1, 0.15) is 17.2 Å². The highest BCUT2D eigenvalue weighted by molar-refractivity contribution is 7.89. The minimum atomic E-state index is -3.97. The van der Waals surface area contributed by atoms with E-state index >= 15 is 0 Å². The maximum absolute atomic E-state index is 13.4. The second-order valence-electron chi connectivity index (χ2n) is 6.27. The van der Waals surface area contributed by atoms with Gasteiger partial charge < -0.3 is 4.74 Å². The van der Waals surface area contributed by atoms with Crippen molar-refractivity contribution in [1.82, 2.24) is 4.31 Å². The van der Waals surface area contributed by atoms with Crippen LogP contribution in [0.15, 0.2) is 77.9 Å². The Kier molecular flexibility index (Phi) is 5.24. The van der Waals surface area contributed by atoms with Crippen LogP contribution >= 0.6 is 11.6 Å². The average molecular weight is 404 g/mol. The van der Waals surface area contributed by atoms with Gasteiger partial charge in [-0.25, -0.2) is 13.2 Å². The van der Waals surface area contributed by atoms with Gasteiger partial charge in [0.05, 0.1) is 23.1 Å². The van der Waals surface area contributed by atoms with Crippen LogP contribution < -0.4 is 0 Å². The molecule has 0 aromatic heterocycles. The summed E-state index contributed by atoms with van der Waals surface area (Å²) in [6, 6.07) is 12.2. The highest BCUT2D eigenvalue weighted by Gasteiger charge is 2.40. The maximum atomic E-state index is 13.4. The number of carbonyl (C=O) groups excluding carboxylic acids is 1. The first-order chi connectivity index (χ1) is 12.7. The number of hydrogen-bond donors (Lipinski definition) is 0. The van der Waals surface area contributed by atoms with Crippen LogP contribution in [0.5, 0.6) is 0 Å². The molecule has 0 amide bonds. The van der Waals surface area contributed by atoms with Crippen molar-refractivity contribution in [2.24, 2.45) is 0 Å². The fraction of sp³-hybridized carbons (Fsp3) is 0.150. The summed E-state index contributed by atoms with van der Waals surface area (Å²) in [4.78, 5) is 12.4. The smallest absolute Gasteiger partial charge is 0.340 e. The third kappa shape index (κ3) is 3.83. The van der Waals surface area contributed by atoms with Crippen LogP contribution in [0, 0.1) is 6.92 Å². The van der Waals surface area contributed by atoms with Crippen molar-refractivity contribution >= 4 is 27.6 Å². The average Bonchev–Trinajstić information content (AvgIpc) is 2.72. The van der Waals surface area contributed by atoms with E-state index in [1.54, 1.807) is 36.4 Å². The van der Waals surface area contributed by atoms with Gasteiger partial charge in [-0.05, 0) is 36.8 Å². The predicted octanol–water partition coefficient (Wildman–Crippen LogP) is 4.01. The number of benzene rings is 2. The highest BCUT2D eigenvalue weighted by Crippen LogP contribution is 2.37. The molecule has 2 aromatic rings. The molecule has 1 aliphatic heterocycles. The van der Waals surface area contributed by atoms with Gasteiger partial charge in [0.2, 0.25) is 10.0 Å². The Morgan fingerprint density at radius 2 is 1.81 bits per heavy atom. The minimum absolute atomic E-state index is 0.00777. The zero-order valence-corrected chi connectivity index (χ0v) is 16.3. The highest BCUT2D eigenvalue weighted by atomic mass is 35.5. The van der Waals surface area contributed by atoms with Gasteiger partial charge in [0.15, 0.2) is 0 Å². The number of rotatable bonds is 3. The number of esters is 1. The SMILES string of the molecule is C=C1CN(S(=O)(=O)c2ccc(C)cc2)[C@@H](c2cccc(Cl)c2)C(=C)C(=O)O1. The Hall–Kier alpha value is -2.41. The molecule has 3 rings (SSSR count). The summed E-state index contributed by atoms with van der Waals surface area (Å²) in [6.07, 6.45) is 0. The second kappa shape index (κ2) is 7.31. The topological polar surface area (TPSA) is 63.7 Å². The zero-order chi connectivity index (χ0) is 19.8. The molecule has 0 unspecified atom stereocenters. The predicted molar refractivity (Wildman–Crippen MR) is 104 cm³/mol. The summed E-state index contributed by atoms with van der Waals surface area (Å²) < 4.78 is 33.0. The minimum Gasteiger partial charge on any atom is -0.427 e. The quantitative estimate of drug-likeness (QED) is 0.573. The molecule has 2 aromatic carbocycles. The molecule has 0 saturated carbocycles. The normalized spacial score (nSPS) is 18.9. The van der Waals surface area contributed by atoms with Gasteiger partial charge in [-0.3, -0.25) is 0 Å². The summed E-state index contributed by atoms with van der Waals surface area (Å²) in [6.45, 7) is 9.13. The molecule has 5 nitrogen and oxygen atoms in total. The van der Waals surface area contributed by atoms with Crippen LogP contribution in [0.3, 0.4) is 0 Å². The lowest BCUT2D eigenvalue weighted by Gasteiger charge is -2.29. The Balaban J connectivity index is 2.18. The number of nitrogens with zero attached hydrogens (tertiary/aromatic N) is 1. The zero-order valence-electron chi connectivity index (χ0n) is 14.7. The molecular weight excluding hydrogens is 386 g/mol. The van der Waals surface area contributed by atoms with E-state index in [1.165, 1.54) is 16.4 Å². The fourth-order valence-electron chi connectivity index (χ4n) is 2.89. The summed E-state index contributed by atoms with van der Waals surface area (Å²) in [7, 11) is -3.97. The standard InChI is InChI=1S/C20H18ClNO4S/c1-13-7-9-18(10-8-13)27(24,25)22-12-14(2)26-20(23)15(3)19(22)16-5-4-6-17(21)11-16/h4-11,19H,2-3,12H2,1H3/t19-/m1/s1. The fourth-order valence-corrected chi connectivity index (χ4v) is 4.68. The molecule has 140 valence electrons. The second-order valence-corrected chi connectivity index (χ2v) is 8.60. The van der Waals surface area contributed by atoms with Gasteiger partial charge in [-0.15, -0.1) is 0 Å². The molecule has 1 saturated heterocycles. The van der Waals surface area contributed by atoms with Crippen LogP contribution in [-0.4, -0.2) is 25.2 Å². The third-order valence-corrected chi connectivity index (χ3v) is 6.30. The van der Waals surface area contributed by atoms with E-state index in [2.05, 4.69) is 13.2 Å². The van der Waals surface area contributed by atoms with Gasteiger partial charge in [0.25, 0.3) is 0 Å². The molecule has 1 heterocycles. The van der Waals surface area contributed by atoms with Crippen molar-refractivity contribution in [3.8, 4) is 0 Å². The summed E-state index contributed by atoms with van der Waals surface area (Å²) in [5, 5.41) is 0.421. The van der Waals surface area contributed by atoms with Crippen molar-refractivity contribution in [2.75, 3.05) is 6.54 Å². The summed E-state index contributed by atoms with van der Waals surface area (Å²) in [5.41, 5.74) is 1.45. The molecule has 1 fully saturated rings. The van der Waals surface area contributed by atoms with E-state index < -0.39 is 22.0 Å². The molecule has 1 atom stereocenters. The molecule has 0 spiro atoms. The Labute approximate surface area is 163 Å². The first-order valence-corrected chi connectivity index (χ1v) is 9.94. The molecule has 1 aliphatic rings. The number of hydrogen-bond acceptors (Lipinski definition) is 4. The first kappa shape index (κ1) is 19.4. The largest absolute Gasteiger partial charge is 0.427 e. The van der Waals surface area contributed by atoms with E-state index in [1.807, 2.05) is 6.92 Å². The van der Waals surface area contributed by atoms with Gasteiger partial charge in [-0.1, -0.05) is 54.6 Å². The summed E-state index contributed by atoms with van der Waals surface area (Å²) >= 11 is 6.08.